The number of rotatable bonds is 12. The molecular weight excluding hydrogens is 578 g/mol. The van der Waals surface area contributed by atoms with Gasteiger partial charge in [-0.1, -0.05) is 83.5 Å². The van der Waals surface area contributed by atoms with Gasteiger partial charge in [0.2, 0.25) is 21.8 Å². The molecule has 3 aromatic rings. The highest BCUT2D eigenvalue weighted by Gasteiger charge is 2.33. The Hall–Kier alpha value is -3.17. The summed E-state index contributed by atoms with van der Waals surface area (Å²) in [4.78, 5) is 29.2. The number of nitrogens with zero attached hydrogens (tertiary/aromatic N) is 2. The Morgan fingerprint density at radius 2 is 1.54 bits per heavy atom. The maximum absolute atomic E-state index is 14.1. The smallest absolute Gasteiger partial charge is 0.244 e. The number of hydrogen-bond donors (Lipinski definition) is 1. The largest absolute Gasteiger partial charge is 0.354 e. The predicted molar refractivity (Wildman–Crippen MR) is 160 cm³/mol. The van der Waals surface area contributed by atoms with Crippen LogP contribution in [0.5, 0.6) is 0 Å². The third kappa shape index (κ3) is 8.41. The average Bonchev–Trinajstić information content (AvgIpc) is 2.88. The van der Waals surface area contributed by atoms with Gasteiger partial charge in [-0.05, 0) is 54.7 Å². The summed E-state index contributed by atoms with van der Waals surface area (Å²) in [5, 5.41) is 2.94. The molecule has 3 aromatic carbocycles. The Kier molecular flexibility index (Phi) is 10.7. The Bertz CT molecular complexity index is 1380. The first-order valence-corrected chi connectivity index (χ1v) is 15.5. The molecule has 0 unspecified atom stereocenters. The van der Waals surface area contributed by atoms with E-state index in [0.717, 1.165) is 43.7 Å². The molecule has 0 aliphatic heterocycles. The second kappa shape index (κ2) is 13.8. The molecule has 3 rings (SSSR count). The zero-order chi connectivity index (χ0) is 28.6. The van der Waals surface area contributed by atoms with Crippen LogP contribution in [0.1, 0.15) is 35.6 Å². The van der Waals surface area contributed by atoms with E-state index in [0.29, 0.717) is 18.7 Å². The van der Waals surface area contributed by atoms with E-state index in [2.05, 4.69) is 21.2 Å². The van der Waals surface area contributed by atoms with Gasteiger partial charge in [0.15, 0.2) is 0 Å². The van der Waals surface area contributed by atoms with Crippen molar-refractivity contribution in [2.45, 2.75) is 46.2 Å². The minimum atomic E-state index is -3.81. The zero-order valence-electron chi connectivity index (χ0n) is 22.9. The van der Waals surface area contributed by atoms with Crippen LogP contribution >= 0.6 is 15.9 Å². The van der Waals surface area contributed by atoms with Crippen LogP contribution in [0.25, 0.3) is 0 Å². The number of aryl methyl sites for hydroxylation is 2. The standard InChI is InChI=1S/C30H36BrN3O4S/c1-5-17-32-30(36)27(19-24-13-7-6-8-14-24)33(20-25-15-10-16-26(31)18-25)28(35)21-34(39(4,37)38)29-22(2)11-9-12-23(29)3/h6-16,18,27H,5,17,19-21H2,1-4H3,(H,32,36)/t27-/m1/s1. The summed E-state index contributed by atoms with van der Waals surface area (Å²) in [6.45, 7) is 5.79. The van der Waals surface area contributed by atoms with Gasteiger partial charge in [-0.3, -0.25) is 13.9 Å². The van der Waals surface area contributed by atoms with Crippen LogP contribution in [-0.4, -0.2) is 50.5 Å². The summed E-state index contributed by atoms with van der Waals surface area (Å²) >= 11 is 3.49. The topological polar surface area (TPSA) is 86.8 Å². The Balaban J connectivity index is 2.08. The lowest BCUT2D eigenvalue weighted by atomic mass is 10.0. The Labute approximate surface area is 240 Å². The number of carbonyl (C=O) groups is 2. The van der Waals surface area contributed by atoms with Gasteiger partial charge in [0.05, 0.1) is 11.9 Å². The first kappa shape index (κ1) is 30.4. The minimum Gasteiger partial charge on any atom is -0.354 e. The molecule has 0 bridgehead atoms. The van der Waals surface area contributed by atoms with E-state index in [4.69, 9.17) is 0 Å². The molecule has 2 amide bonds. The van der Waals surface area contributed by atoms with Gasteiger partial charge in [-0.15, -0.1) is 0 Å². The van der Waals surface area contributed by atoms with Crippen molar-refractivity contribution in [3.63, 3.8) is 0 Å². The fraction of sp³-hybridized carbons (Fsp3) is 0.333. The monoisotopic (exact) mass is 613 g/mol. The van der Waals surface area contributed by atoms with Crippen molar-refractivity contribution in [3.05, 3.63) is 99.5 Å². The normalized spacial score (nSPS) is 12.0. The van der Waals surface area contributed by atoms with Crippen LogP contribution in [0.4, 0.5) is 5.69 Å². The molecule has 9 heteroatoms. The summed E-state index contributed by atoms with van der Waals surface area (Å²) in [6, 6.07) is 21.7. The lowest BCUT2D eigenvalue weighted by Crippen LogP contribution is -2.53. The summed E-state index contributed by atoms with van der Waals surface area (Å²) in [6.07, 6.45) is 2.14. The van der Waals surface area contributed by atoms with Gasteiger partial charge < -0.3 is 10.2 Å². The molecule has 0 saturated carbocycles. The third-order valence-corrected chi connectivity index (χ3v) is 8.04. The van der Waals surface area contributed by atoms with Gasteiger partial charge >= 0.3 is 0 Å². The number of hydrogen-bond acceptors (Lipinski definition) is 4. The van der Waals surface area contributed by atoms with Crippen LogP contribution in [0.2, 0.25) is 0 Å². The average molecular weight is 615 g/mol. The number of nitrogens with one attached hydrogen (secondary N) is 1. The van der Waals surface area contributed by atoms with Crippen molar-refractivity contribution >= 4 is 43.5 Å². The summed E-state index contributed by atoms with van der Waals surface area (Å²) < 4.78 is 28.0. The van der Waals surface area contributed by atoms with Gasteiger partial charge in [-0.2, -0.15) is 0 Å². The molecule has 1 N–H and O–H groups in total. The maximum Gasteiger partial charge on any atom is 0.244 e. The SMILES string of the molecule is CCCNC(=O)[C@@H](Cc1ccccc1)N(Cc1cccc(Br)c1)C(=O)CN(c1c(C)cccc1C)S(C)(=O)=O. The lowest BCUT2D eigenvalue weighted by Gasteiger charge is -2.34. The molecule has 39 heavy (non-hydrogen) atoms. The highest BCUT2D eigenvalue weighted by Crippen LogP contribution is 2.27. The quantitative estimate of drug-likeness (QED) is 0.311. The molecule has 0 radical (unpaired) electrons. The fourth-order valence-electron chi connectivity index (χ4n) is 4.53. The fourth-order valence-corrected chi connectivity index (χ4v) is 5.94. The summed E-state index contributed by atoms with van der Waals surface area (Å²) in [7, 11) is -3.81. The molecule has 7 nitrogen and oxygen atoms in total. The summed E-state index contributed by atoms with van der Waals surface area (Å²) in [5.41, 5.74) is 3.68. The first-order chi connectivity index (χ1) is 18.5. The Morgan fingerprint density at radius 1 is 0.923 bits per heavy atom. The van der Waals surface area contributed by atoms with Crippen molar-refractivity contribution in [1.82, 2.24) is 10.2 Å². The highest BCUT2D eigenvalue weighted by atomic mass is 79.9. The van der Waals surface area contributed by atoms with E-state index < -0.39 is 28.5 Å². The maximum atomic E-state index is 14.1. The Morgan fingerprint density at radius 3 is 2.13 bits per heavy atom. The van der Waals surface area contributed by atoms with Crippen LogP contribution in [0, 0.1) is 13.8 Å². The van der Waals surface area contributed by atoms with E-state index in [-0.39, 0.29) is 12.5 Å². The molecule has 0 aromatic heterocycles. The number of benzene rings is 3. The molecule has 0 aliphatic rings. The molecule has 0 saturated heterocycles. The molecule has 1 atom stereocenters. The zero-order valence-corrected chi connectivity index (χ0v) is 25.3. The molecule has 208 valence electrons. The number of carbonyl (C=O) groups excluding carboxylic acids is 2. The number of anilines is 1. The van der Waals surface area contributed by atoms with E-state index in [1.165, 1.54) is 4.90 Å². The van der Waals surface area contributed by atoms with Gasteiger partial charge in [0.1, 0.15) is 12.6 Å². The van der Waals surface area contributed by atoms with Gasteiger partial charge in [0, 0.05) is 24.0 Å². The van der Waals surface area contributed by atoms with E-state index in [1.807, 2.05) is 93.6 Å². The third-order valence-electron chi connectivity index (χ3n) is 6.43. The van der Waals surface area contributed by atoms with Crippen LogP contribution < -0.4 is 9.62 Å². The van der Waals surface area contributed by atoms with E-state index in [9.17, 15) is 18.0 Å². The van der Waals surface area contributed by atoms with Crippen molar-refractivity contribution in [2.24, 2.45) is 0 Å². The van der Waals surface area contributed by atoms with Gasteiger partial charge in [0.25, 0.3) is 0 Å². The summed E-state index contributed by atoms with van der Waals surface area (Å²) in [5.74, 6) is -0.738. The number of halogens is 1. The minimum absolute atomic E-state index is 0.139. The van der Waals surface area contributed by atoms with Crippen molar-refractivity contribution in [2.75, 3.05) is 23.7 Å². The van der Waals surface area contributed by atoms with Crippen molar-refractivity contribution in [3.8, 4) is 0 Å². The van der Waals surface area contributed by atoms with Gasteiger partial charge in [-0.25, -0.2) is 8.42 Å². The van der Waals surface area contributed by atoms with Crippen molar-refractivity contribution < 1.29 is 18.0 Å². The lowest BCUT2D eigenvalue weighted by molar-refractivity contribution is -0.140. The molecule has 0 spiro atoms. The number of sulfonamides is 1. The predicted octanol–water partition coefficient (Wildman–Crippen LogP) is 5.00. The highest BCUT2D eigenvalue weighted by molar-refractivity contribution is 9.10. The first-order valence-electron chi connectivity index (χ1n) is 12.9. The van der Waals surface area contributed by atoms with Crippen LogP contribution in [-0.2, 0) is 32.6 Å². The van der Waals surface area contributed by atoms with Crippen molar-refractivity contribution in [1.29, 1.82) is 0 Å². The second-order valence-corrected chi connectivity index (χ2v) is 12.5. The molecule has 0 heterocycles. The second-order valence-electron chi connectivity index (χ2n) is 9.66. The van der Waals surface area contributed by atoms with E-state index >= 15 is 0 Å². The number of amides is 2. The van der Waals surface area contributed by atoms with E-state index in [1.54, 1.807) is 0 Å². The van der Waals surface area contributed by atoms with Crippen LogP contribution in [0.3, 0.4) is 0 Å². The van der Waals surface area contributed by atoms with Crippen LogP contribution in [0.15, 0.2) is 77.3 Å². The molecular formula is C30H36BrN3O4S. The molecule has 0 aliphatic carbocycles. The molecule has 0 fully saturated rings. The number of para-hydroxylation sites is 1.